The molecular formula is C18H17NO7S. The van der Waals surface area contributed by atoms with E-state index in [4.69, 9.17) is 14.4 Å². The minimum absolute atomic E-state index is 0.0436. The lowest BCUT2D eigenvalue weighted by atomic mass is 9.98. The number of fused-ring (bicyclic) bond motifs is 3. The van der Waals surface area contributed by atoms with E-state index in [-0.39, 0.29) is 12.5 Å². The van der Waals surface area contributed by atoms with Gasteiger partial charge in [0.25, 0.3) is 10.1 Å². The Kier molecular flexibility index (Phi) is 5.15. The highest BCUT2D eigenvalue weighted by Gasteiger charge is 2.30. The van der Waals surface area contributed by atoms with Crippen molar-refractivity contribution < 1.29 is 32.4 Å². The maximum absolute atomic E-state index is 12.0. The fraction of sp³-hybridized carbons (Fsp3) is 0.222. The number of carbonyl (C=O) groups excluding carboxylic acids is 1. The highest BCUT2D eigenvalue weighted by atomic mass is 32.2. The lowest BCUT2D eigenvalue weighted by molar-refractivity contribution is -0.138. The summed E-state index contributed by atoms with van der Waals surface area (Å²) in [5.74, 6) is -2.96. The minimum Gasteiger partial charge on any atom is -0.480 e. The molecule has 9 heteroatoms. The third kappa shape index (κ3) is 4.26. The average Bonchev–Trinajstić information content (AvgIpc) is 2.92. The number of hydrogen-bond acceptors (Lipinski definition) is 5. The number of ether oxygens (including phenoxy) is 1. The van der Waals surface area contributed by atoms with Crippen LogP contribution in [0.25, 0.3) is 11.1 Å². The predicted molar refractivity (Wildman–Crippen MR) is 96.0 cm³/mol. The Morgan fingerprint density at radius 3 is 2.04 bits per heavy atom. The van der Waals surface area contributed by atoms with Gasteiger partial charge in [0, 0.05) is 5.92 Å². The van der Waals surface area contributed by atoms with Gasteiger partial charge in [-0.05, 0) is 22.3 Å². The van der Waals surface area contributed by atoms with Gasteiger partial charge in [0.15, 0.2) is 0 Å². The Bertz CT molecular complexity index is 941. The van der Waals surface area contributed by atoms with Crippen LogP contribution in [0.15, 0.2) is 48.5 Å². The van der Waals surface area contributed by atoms with Crippen molar-refractivity contribution in [2.24, 2.45) is 0 Å². The van der Waals surface area contributed by atoms with Gasteiger partial charge < -0.3 is 15.2 Å². The van der Waals surface area contributed by atoms with Crippen LogP contribution in [-0.2, 0) is 19.6 Å². The summed E-state index contributed by atoms with van der Waals surface area (Å²) in [5.41, 5.74) is 4.05. The van der Waals surface area contributed by atoms with Crippen molar-refractivity contribution in [3.8, 4) is 11.1 Å². The van der Waals surface area contributed by atoms with Gasteiger partial charge in [0.05, 0.1) is 0 Å². The molecule has 0 spiro atoms. The molecule has 0 unspecified atom stereocenters. The summed E-state index contributed by atoms with van der Waals surface area (Å²) in [6.45, 7) is -0.0436. The molecule has 3 N–H and O–H groups in total. The molecule has 0 aromatic heterocycles. The van der Waals surface area contributed by atoms with Gasteiger partial charge in [-0.15, -0.1) is 0 Å². The first-order valence-corrected chi connectivity index (χ1v) is 9.66. The second-order valence-electron chi connectivity index (χ2n) is 6.11. The molecule has 142 valence electrons. The zero-order valence-electron chi connectivity index (χ0n) is 14.0. The van der Waals surface area contributed by atoms with Crippen molar-refractivity contribution in [1.82, 2.24) is 5.32 Å². The van der Waals surface area contributed by atoms with Crippen molar-refractivity contribution in [2.75, 3.05) is 12.4 Å². The van der Waals surface area contributed by atoms with Gasteiger partial charge in [0.2, 0.25) is 0 Å². The zero-order chi connectivity index (χ0) is 19.6. The summed E-state index contributed by atoms with van der Waals surface area (Å²) in [7, 11) is -4.58. The summed E-state index contributed by atoms with van der Waals surface area (Å²) < 4.78 is 35.7. The van der Waals surface area contributed by atoms with E-state index in [1.807, 2.05) is 53.8 Å². The quantitative estimate of drug-likeness (QED) is 0.641. The van der Waals surface area contributed by atoms with Gasteiger partial charge in [0.1, 0.15) is 18.4 Å². The Morgan fingerprint density at radius 2 is 1.56 bits per heavy atom. The number of amides is 1. The fourth-order valence-corrected chi connectivity index (χ4v) is 3.81. The predicted octanol–water partition coefficient (Wildman–Crippen LogP) is 1.87. The zero-order valence-corrected chi connectivity index (χ0v) is 14.8. The van der Waals surface area contributed by atoms with Gasteiger partial charge in [-0.1, -0.05) is 48.5 Å². The van der Waals surface area contributed by atoms with E-state index < -0.39 is 34.0 Å². The number of hydrogen-bond donors (Lipinski definition) is 3. The molecule has 2 aromatic carbocycles. The van der Waals surface area contributed by atoms with Gasteiger partial charge in [-0.3, -0.25) is 4.55 Å². The largest absolute Gasteiger partial charge is 0.480 e. The Hall–Kier alpha value is -2.91. The molecule has 1 aliphatic rings. The molecule has 1 aliphatic carbocycles. The normalized spacial score (nSPS) is 14.1. The second-order valence-corrected chi connectivity index (χ2v) is 7.61. The molecule has 3 rings (SSSR count). The molecule has 0 aliphatic heterocycles. The standard InChI is InChI=1S/C18H17NO7S/c20-17(21)16(10-27(23,24)25)19-18(22)26-9-15-13-7-3-1-5-11(13)12-6-2-4-8-14(12)15/h1-8,15-16H,9-10H2,(H,19,22)(H,20,21)(H,23,24,25)/t16-/m0/s1. The van der Waals surface area contributed by atoms with Crippen molar-refractivity contribution in [3.63, 3.8) is 0 Å². The molecule has 0 heterocycles. The van der Waals surface area contributed by atoms with Crippen LogP contribution in [0.3, 0.4) is 0 Å². The summed E-state index contributed by atoms with van der Waals surface area (Å²) in [4.78, 5) is 23.0. The van der Waals surface area contributed by atoms with Crippen LogP contribution in [0, 0.1) is 0 Å². The fourth-order valence-electron chi connectivity index (χ4n) is 3.17. The number of carboxylic acids is 1. The van der Waals surface area contributed by atoms with Crippen molar-refractivity contribution in [3.05, 3.63) is 59.7 Å². The van der Waals surface area contributed by atoms with Crippen LogP contribution in [-0.4, -0.2) is 48.5 Å². The molecule has 0 fully saturated rings. The first kappa shape index (κ1) is 18.9. The molecule has 1 atom stereocenters. The van der Waals surface area contributed by atoms with E-state index >= 15 is 0 Å². The molecular weight excluding hydrogens is 374 g/mol. The first-order valence-electron chi connectivity index (χ1n) is 8.06. The number of nitrogens with one attached hydrogen (secondary N) is 1. The number of benzene rings is 2. The van der Waals surface area contributed by atoms with E-state index in [2.05, 4.69) is 0 Å². The molecule has 27 heavy (non-hydrogen) atoms. The van der Waals surface area contributed by atoms with Crippen LogP contribution in [0.5, 0.6) is 0 Å². The first-order chi connectivity index (χ1) is 12.8. The smallest absolute Gasteiger partial charge is 0.407 e. The van der Waals surface area contributed by atoms with E-state index in [0.29, 0.717) is 0 Å². The summed E-state index contributed by atoms with van der Waals surface area (Å²) in [5, 5.41) is 10.9. The van der Waals surface area contributed by atoms with Gasteiger partial charge in [-0.25, -0.2) is 9.59 Å². The van der Waals surface area contributed by atoms with Crippen LogP contribution in [0.2, 0.25) is 0 Å². The molecule has 1 amide bonds. The van der Waals surface area contributed by atoms with Crippen LogP contribution in [0.4, 0.5) is 4.79 Å². The summed E-state index contributed by atoms with van der Waals surface area (Å²) in [6.07, 6.45) is -1.08. The van der Waals surface area contributed by atoms with E-state index in [1.54, 1.807) is 0 Å². The number of carboxylic acid groups (broad SMARTS) is 1. The maximum Gasteiger partial charge on any atom is 0.407 e. The molecule has 8 nitrogen and oxygen atoms in total. The SMILES string of the molecule is O=C(N[C@@H](CS(=O)(=O)O)C(=O)O)OCC1c2ccccc2-c2ccccc21. The van der Waals surface area contributed by atoms with Crippen LogP contribution >= 0.6 is 0 Å². The Balaban J connectivity index is 1.71. The molecule has 0 radical (unpaired) electrons. The number of carbonyl (C=O) groups is 2. The second kappa shape index (κ2) is 7.37. The number of rotatable bonds is 6. The van der Waals surface area contributed by atoms with Gasteiger partial charge in [-0.2, -0.15) is 8.42 Å². The topological polar surface area (TPSA) is 130 Å². The lowest BCUT2D eigenvalue weighted by Crippen LogP contribution is -2.45. The van der Waals surface area contributed by atoms with E-state index in [0.717, 1.165) is 22.3 Å². The van der Waals surface area contributed by atoms with E-state index in [1.165, 1.54) is 0 Å². The third-order valence-electron chi connectivity index (χ3n) is 4.31. The number of aliphatic carboxylic acids is 1. The monoisotopic (exact) mass is 391 g/mol. The van der Waals surface area contributed by atoms with Gasteiger partial charge >= 0.3 is 12.1 Å². The van der Waals surface area contributed by atoms with Crippen LogP contribution in [0.1, 0.15) is 17.0 Å². The molecule has 0 saturated carbocycles. The summed E-state index contributed by atoms with van der Waals surface area (Å²) >= 11 is 0. The molecule has 2 aromatic rings. The van der Waals surface area contributed by atoms with E-state index in [9.17, 15) is 18.0 Å². The lowest BCUT2D eigenvalue weighted by Gasteiger charge is -2.16. The Morgan fingerprint density at radius 1 is 1.04 bits per heavy atom. The number of alkyl carbamates (subject to hydrolysis) is 1. The molecule has 0 saturated heterocycles. The summed E-state index contributed by atoms with van der Waals surface area (Å²) in [6, 6.07) is 13.6. The minimum atomic E-state index is -4.58. The maximum atomic E-state index is 12.0. The van der Waals surface area contributed by atoms with Crippen molar-refractivity contribution in [2.45, 2.75) is 12.0 Å². The Labute approximate surface area is 155 Å². The third-order valence-corrected chi connectivity index (χ3v) is 5.07. The highest BCUT2D eigenvalue weighted by Crippen LogP contribution is 2.44. The van der Waals surface area contributed by atoms with Crippen LogP contribution < -0.4 is 5.32 Å². The average molecular weight is 391 g/mol. The van der Waals surface area contributed by atoms with Crippen molar-refractivity contribution in [1.29, 1.82) is 0 Å². The molecule has 0 bridgehead atoms. The highest BCUT2D eigenvalue weighted by molar-refractivity contribution is 7.85. The van der Waals surface area contributed by atoms with Crippen molar-refractivity contribution >= 4 is 22.2 Å².